The number of benzene rings is 2. The first-order chi connectivity index (χ1) is 40.3. The number of aryl methyl sites for hydroxylation is 1. The summed E-state index contributed by atoms with van der Waals surface area (Å²) in [7, 11) is -1.02. The molecule has 84 heavy (non-hydrogen) atoms. The zero-order valence-corrected chi connectivity index (χ0v) is 51.0. The highest BCUT2D eigenvalue weighted by Gasteiger charge is 2.37. The molecular formula is C62H93F3N4O14P+. The van der Waals surface area contributed by atoms with Gasteiger partial charge in [0.2, 0.25) is 5.78 Å². The number of fused-ring (bicyclic) bond motifs is 1. The number of alkyl halides is 3. The minimum atomic E-state index is -4.91. The van der Waals surface area contributed by atoms with Crippen LogP contribution in [0.5, 0.6) is 11.5 Å². The maximum Gasteiger partial charge on any atom is 0.519 e. The number of rotatable bonds is 46. The molecule has 2 atom stereocenters. The number of phosphoric ester groups is 1. The van der Waals surface area contributed by atoms with Crippen molar-refractivity contribution in [1.29, 1.82) is 0 Å². The van der Waals surface area contributed by atoms with Crippen LogP contribution < -0.4 is 15.1 Å². The van der Waals surface area contributed by atoms with Crippen molar-refractivity contribution in [2.75, 3.05) is 40.5 Å². The molecule has 0 aliphatic rings. The molecule has 0 radical (unpaired) electrons. The van der Waals surface area contributed by atoms with Gasteiger partial charge in [0.1, 0.15) is 49.1 Å². The van der Waals surface area contributed by atoms with Crippen molar-refractivity contribution >= 4 is 42.7 Å². The normalized spacial score (nSPS) is 13.0. The number of likely N-dealkylation sites (N-methyl/N-ethyl adjacent to an activating group) is 1. The third kappa shape index (κ3) is 30.6. The predicted octanol–water partition coefficient (Wildman–Crippen LogP) is 15.1. The van der Waals surface area contributed by atoms with Crippen LogP contribution in [0.15, 0.2) is 63.9 Å². The van der Waals surface area contributed by atoms with Gasteiger partial charge in [0, 0.05) is 30.7 Å². The number of hydrogen-bond acceptors (Lipinski definition) is 15. The van der Waals surface area contributed by atoms with Gasteiger partial charge in [-0.2, -0.15) is 13.2 Å². The molecular weight excluding hydrogens is 1110 g/mol. The van der Waals surface area contributed by atoms with E-state index in [4.69, 9.17) is 32.4 Å². The number of ketones is 1. The Morgan fingerprint density at radius 1 is 0.667 bits per heavy atom. The number of phosphoric acid groups is 1. The molecule has 4 rings (SSSR count). The number of nitrogens with zero attached hydrogens (tertiary/aromatic N) is 4. The summed E-state index contributed by atoms with van der Waals surface area (Å²) >= 11 is 0. The third-order valence-corrected chi connectivity index (χ3v) is 15.4. The molecule has 0 amide bonds. The van der Waals surface area contributed by atoms with Crippen molar-refractivity contribution in [3.8, 4) is 17.2 Å². The van der Waals surface area contributed by atoms with Crippen LogP contribution >= 0.6 is 7.82 Å². The average molecular weight is 1210 g/mol. The van der Waals surface area contributed by atoms with Gasteiger partial charge in [0.15, 0.2) is 11.8 Å². The van der Waals surface area contributed by atoms with E-state index >= 15 is 0 Å². The monoisotopic (exact) mass is 1210 g/mol. The van der Waals surface area contributed by atoms with E-state index in [1.54, 1.807) is 0 Å². The van der Waals surface area contributed by atoms with Crippen molar-refractivity contribution in [3.05, 3.63) is 76.4 Å². The van der Waals surface area contributed by atoms with E-state index in [9.17, 15) is 46.6 Å². The number of aromatic nitrogens is 3. The lowest BCUT2D eigenvalue weighted by atomic mass is 10.0. The molecule has 470 valence electrons. The van der Waals surface area contributed by atoms with Crippen LogP contribution in [0, 0.1) is 0 Å². The van der Waals surface area contributed by atoms with Gasteiger partial charge in [0.25, 0.3) is 0 Å². The zero-order chi connectivity index (χ0) is 61.1. The van der Waals surface area contributed by atoms with Gasteiger partial charge in [-0.25, -0.2) is 18.8 Å². The van der Waals surface area contributed by atoms with Crippen LogP contribution in [-0.4, -0.2) is 101 Å². The molecule has 2 heterocycles. The molecule has 0 spiro atoms. The SMILES string of the molecule is CCCCCCCCCCCCCCCC(=O)OCC(COP(=O)(O)OCC[N+](C)(C)Cc1cn(-c2cc3ccc(OC(=O)Oc4ccc(CCC(=O)C(F)(F)F)cc4)cc3oc2=O)nn1)OC(=O)CCCCCCCCCCCCCCC. The van der Waals surface area contributed by atoms with E-state index in [0.29, 0.717) is 29.5 Å². The molecule has 18 nitrogen and oxygen atoms in total. The van der Waals surface area contributed by atoms with Gasteiger partial charge in [-0.1, -0.05) is 185 Å². The van der Waals surface area contributed by atoms with Crippen molar-refractivity contribution in [3.63, 3.8) is 0 Å². The minimum absolute atomic E-state index is 0.0184. The maximum atomic E-state index is 13.2. The number of Topliss-reactive ketones (excluding diaryl/α,β-unsaturated/α-hetero) is 1. The minimum Gasteiger partial charge on any atom is -0.462 e. The van der Waals surface area contributed by atoms with Crippen LogP contribution in [0.4, 0.5) is 18.0 Å². The lowest BCUT2D eigenvalue weighted by molar-refractivity contribution is -0.904. The summed E-state index contributed by atoms with van der Waals surface area (Å²) in [6, 6.07) is 11.3. The molecule has 22 heteroatoms. The highest BCUT2D eigenvalue weighted by molar-refractivity contribution is 7.47. The quantitative estimate of drug-likeness (QED) is 0.0108. The summed E-state index contributed by atoms with van der Waals surface area (Å²) in [4.78, 5) is 73.3. The lowest BCUT2D eigenvalue weighted by Gasteiger charge is -2.28. The number of quaternary nitrogens is 1. The van der Waals surface area contributed by atoms with Gasteiger partial charge in [0.05, 0.1) is 26.9 Å². The summed E-state index contributed by atoms with van der Waals surface area (Å²) in [5.41, 5.74) is 0.209. The van der Waals surface area contributed by atoms with E-state index in [1.807, 2.05) is 14.1 Å². The highest BCUT2D eigenvalue weighted by Crippen LogP contribution is 2.43. The molecule has 2 unspecified atom stereocenters. The molecule has 0 aliphatic carbocycles. The van der Waals surface area contributed by atoms with E-state index < -0.39 is 62.6 Å². The number of carbonyl (C=O) groups is 4. The van der Waals surface area contributed by atoms with Crippen LogP contribution in [0.3, 0.4) is 0 Å². The molecule has 4 aromatic rings. The maximum absolute atomic E-state index is 13.2. The number of hydrogen-bond donors (Lipinski definition) is 1. The second-order valence-electron chi connectivity index (χ2n) is 22.5. The molecule has 0 aliphatic heterocycles. The summed E-state index contributed by atoms with van der Waals surface area (Å²) in [5, 5.41) is 8.77. The Morgan fingerprint density at radius 2 is 1.18 bits per heavy atom. The first kappa shape index (κ1) is 71.0. The van der Waals surface area contributed by atoms with E-state index in [-0.39, 0.29) is 72.8 Å². The Hall–Kier alpha value is -5.47. The summed E-state index contributed by atoms with van der Waals surface area (Å²) < 4.78 is 89.9. The first-order valence-electron chi connectivity index (χ1n) is 30.6. The second-order valence-corrected chi connectivity index (χ2v) is 23.9. The predicted molar refractivity (Wildman–Crippen MR) is 314 cm³/mol. The van der Waals surface area contributed by atoms with E-state index in [0.717, 1.165) is 38.5 Å². The Bertz CT molecular complexity index is 2660. The van der Waals surface area contributed by atoms with Crippen molar-refractivity contribution in [2.24, 2.45) is 0 Å². The summed E-state index contributed by atoms with van der Waals surface area (Å²) in [6.07, 6.45) is 24.3. The molecule has 2 aromatic carbocycles. The van der Waals surface area contributed by atoms with E-state index in [1.165, 1.54) is 175 Å². The van der Waals surface area contributed by atoms with Crippen molar-refractivity contribution < 1.29 is 78.7 Å². The number of ether oxygens (including phenoxy) is 4. The fourth-order valence-electron chi connectivity index (χ4n) is 9.46. The molecule has 0 saturated heterocycles. The Morgan fingerprint density at radius 3 is 1.73 bits per heavy atom. The van der Waals surface area contributed by atoms with E-state index in [2.05, 4.69) is 24.2 Å². The Kier molecular flexibility index (Phi) is 33.2. The van der Waals surface area contributed by atoms with Crippen molar-refractivity contribution in [1.82, 2.24) is 15.0 Å². The number of carbonyl (C=O) groups excluding carboxylic acids is 4. The largest absolute Gasteiger partial charge is 0.519 e. The zero-order valence-electron chi connectivity index (χ0n) is 50.1. The standard InChI is InChI=1S/C62H92F3N4O14P/c1-5-7-9-11-13-15-17-19-21-23-25-27-29-31-58(71)77-47-54(80-59(72)32-30-28-26-24-22-20-18-16-14-12-10-8-6-2)48-79-84(75,76)78-42-41-69(3,4)46-51-45-68(67-66-51)55-43-50-36-39-53(44-56(50)83-60(55)73)82-61(74)81-52-37-33-49(34-38-52)35-40-57(70)62(63,64)65/h33-34,36-39,43-45,54H,5-32,35,40-42,46-48H2,1-4H3/p+1. The van der Waals surface area contributed by atoms with Gasteiger partial charge >= 0.3 is 37.7 Å². The summed E-state index contributed by atoms with van der Waals surface area (Å²) in [5.74, 6) is -2.77. The Labute approximate surface area is 494 Å². The van der Waals surface area contributed by atoms with Gasteiger partial charge < -0.3 is 32.7 Å². The highest BCUT2D eigenvalue weighted by atomic mass is 31.2. The average Bonchev–Trinajstić information content (AvgIpc) is 4.04. The molecule has 2 aromatic heterocycles. The smallest absolute Gasteiger partial charge is 0.462 e. The second kappa shape index (κ2) is 39.3. The van der Waals surface area contributed by atoms with Crippen LogP contribution in [0.2, 0.25) is 0 Å². The van der Waals surface area contributed by atoms with Crippen molar-refractivity contribution in [2.45, 2.75) is 225 Å². The Balaban J connectivity index is 1.21. The number of esters is 2. The number of halogens is 3. The third-order valence-electron chi connectivity index (χ3n) is 14.4. The molecule has 1 N–H and O–H groups in total. The summed E-state index contributed by atoms with van der Waals surface area (Å²) in [6.45, 7) is 3.82. The van der Waals surface area contributed by atoms with Crippen LogP contribution in [0.25, 0.3) is 16.7 Å². The number of unbranched alkanes of at least 4 members (excludes halogenated alkanes) is 24. The molecule has 0 saturated carbocycles. The lowest BCUT2D eigenvalue weighted by Crippen LogP contribution is -2.41. The first-order valence-corrected chi connectivity index (χ1v) is 32.1. The van der Waals surface area contributed by atoms with Gasteiger partial charge in [-0.05, 0) is 55.2 Å². The molecule has 0 bridgehead atoms. The molecule has 0 fully saturated rings. The van der Waals surface area contributed by atoms with Crippen LogP contribution in [0.1, 0.15) is 211 Å². The fraction of sp³-hybridized carbons (Fsp3) is 0.661. The fourth-order valence-corrected chi connectivity index (χ4v) is 10.2. The van der Waals surface area contributed by atoms with Gasteiger partial charge in [-0.3, -0.25) is 23.4 Å². The van der Waals surface area contributed by atoms with Crippen LogP contribution in [-0.2, 0) is 50.4 Å². The van der Waals surface area contributed by atoms with Gasteiger partial charge in [-0.15, -0.1) is 5.10 Å². The topological polar surface area (TPSA) is 222 Å².